The lowest BCUT2D eigenvalue weighted by Crippen LogP contribution is -2.41. The Morgan fingerprint density at radius 2 is 1.64 bits per heavy atom. The highest BCUT2D eigenvalue weighted by Gasteiger charge is 2.61. The van der Waals surface area contributed by atoms with Gasteiger partial charge in [-0.15, -0.1) is 0 Å². The van der Waals surface area contributed by atoms with E-state index in [0.29, 0.717) is 11.3 Å². The molecule has 12 heteroatoms. The fraction of sp³-hybridized carbons (Fsp3) is 0.381. The summed E-state index contributed by atoms with van der Waals surface area (Å²) in [5, 5.41) is 14.8. The summed E-state index contributed by atoms with van der Waals surface area (Å²) in [6.45, 7) is 5.74. The van der Waals surface area contributed by atoms with Crippen LogP contribution in [0.5, 0.6) is 5.75 Å². The van der Waals surface area contributed by atoms with E-state index < -0.39 is 41.5 Å². The zero-order valence-corrected chi connectivity index (χ0v) is 18.1. The number of nitrogens with zero attached hydrogens (tertiary/aromatic N) is 1. The molecule has 33 heavy (non-hydrogen) atoms. The summed E-state index contributed by atoms with van der Waals surface area (Å²) in [6.07, 6.45) is -11.2. The Hall–Kier alpha value is -3.28. The number of benzene rings is 1. The first-order valence-corrected chi connectivity index (χ1v) is 9.56. The highest BCUT2D eigenvalue weighted by atomic mass is 19.4. The monoisotopic (exact) mass is 475 g/mol. The van der Waals surface area contributed by atoms with E-state index in [2.05, 4.69) is 20.4 Å². The number of anilines is 1. The van der Waals surface area contributed by atoms with Crippen molar-refractivity contribution in [3.63, 3.8) is 0 Å². The van der Waals surface area contributed by atoms with Crippen LogP contribution >= 0.6 is 0 Å². The number of carbonyl (C=O) groups is 2. The van der Waals surface area contributed by atoms with Crippen molar-refractivity contribution in [1.82, 2.24) is 10.3 Å². The smallest absolute Gasteiger partial charge is 0.426 e. The molecule has 7 nitrogen and oxygen atoms in total. The van der Waals surface area contributed by atoms with Crippen molar-refractivity contribution in [2.45, 2.75) is 51.6 Å². The van der Waals surface area contributed by atoms with Crippen LogP contribution in [0.2, 0.25) is 0 Å². The second-order valence-electron chi connectivity index (χ2n) is 7.78. The van der Waals surface area contributed by atoms with Gasteiger partial charge in [0.05, 0.1) is 6.04 Å². The normalized spacial score (nSPS) is 13.3. The summed E-state index contributed by atoms with van der Waals surface area (Å²) >= 11 is 0. The van der Waals surface area contributed by atoms with Gasteiger partial charge in [0.1, 0.15) is 17.2 Å². The zero-order chi connectivity index (χ0) is 25.2. The van der Waals surface area contributed by atoms with Gasteiger partial charge in [0.25, 0.3) is 11.8 Å². The maximum Gasteiger partial charge on any atom is 0.499 e. The molecule has 2 rings (SSSR count). The second kappa shape index (κ2) is 9.30. The molecule has 180 valence electrons. The number of aromatic nitrogens is 1. The lowest BCUT2D eigenvalue weighted by Gasteiger charge is -2.21. The number of nitrogens with one attached hydrogen (secondary N) is 2. The van der Waals surface area contributed by atoms with E-state index in [1.165, 1.54) is 38.1 Å². The van der Waals surface area contributed by atoms with E-state index in [4.69, 9.17) is 0 Å². The minimum atomic E-state index is -5.86. The van der Waals surface area contributed by atoms with Crippen LogP contribution in [0.25, 0.3) is 0 Å². The SMILES string of the molecule is Cc1cc(C(=O)NC(C)c2ccc(OC(F)(F)C(F)(F)F)cc2)cc(NC(=O)C(C)(C)O)n1. The number of rotatable bonds is 7. The van der Waals surface area contributed by atoms with Gasteiger partial charge in [0.15, 0.2) is 0 Å². The van der Waals surface area contributed by atoms with E-state index in [1.807, 2.05) is 0 Å². The molecule has 2 amide bonds. The minimum absolute atomic E-state index is 0.0482. The molecule has 0 radical (unpaired) electrons. The third kappa shape index (κ3) is 6.85. The second-order valence-corrected chi connectivity index (χ2v) is 7.78. The van der Waals surface area contributed by atoms with Crippen LogP contribution in [0.3, 0.4) is 0 Å². The van der Waals surface area contributed by atoms with Gasteiger partial charge in [-0.1, -0.05) is 12.1 Å². The van der Waals surface area contributed by atoms with Crippen molar-refractivity contribution in [3.05, 3.63) is 53.2 Å². The molecule has 3 N–H and O–H groups in total. The van der Waals surface area contributed by atoms with Crippen molar-refractivity contribution in [2.24, 2.45) is 0 Å². The summed E-state index contributed by atoms with van der Waals surface area (Å²) < 4.78 is 66.5. The molecule has 1 aromatic heterocycles. The Balaban J connectivity index is 2.11. The van der Waals surface area contributed by atoms with E-state index in [1.54, 1.807) is 13.8 Å². The lowest BCUT2D eigenvalue weighted by atomic mass is 10.1. The fourth-order valence-electron chi connectivity index (χ4n) is 2.53. The average Bonchev–Trinajstić information content (AvgIpc) is 2.66. The largest absolute Gasteiger partial charge is 0.499 e. The average molecular weight is 475 g/mol. The fourth-order valence-corrected chi connectivity index (χ4v) is 2.53. The van der Waals surface area contributed by atoms with Crippen molar-refractivity contribution in [3.8, 4) is 5.75 Å². The van der Waals surface area contributed by atoms with Crippen molar-refractivity contribution < 1.29 is 41.4 Å². The van der Waals surface area contributed by atoms with Gasteiger partial charge in [-0.25, -0.2) is 4.98 Å². The van der Waals surface area contributed by atoms with Crippen molar-refractivity contribution >= 4 is 17.6 Å². The van der Waals surface area contributed by atoms with Crippen LogP contribution in [0.15, 0.2) is 36.4 Å². The predicted molar refractivity (Wildman–Crippen MR) is 108 cm³/mol. The number of pyridine rings is 1. The van der Waals surface area contributed by atoms with E-state index >= 15 is 0 Å². The first-order chi connectivity index (χ1) is 15.0. The molecule has 0 aliphatic heterocycles. The molecule has 0 aliphatic rings. The van der Waals surface area contributed by atoms with Gasteiger partial charge in [-0.05, 0) is 57.5 Å². The van der Waals surface area contributed by atoms with Gasteiger partial charge < -0.3 is 20.5 Å². The Labute approximate surface area is 186 Å². The molecule has 0 saturated carbocycles. The van der Waals surface area contributed by atoms with Crippen molar-refractivity contribution in [2.75, 3.05) is 5.32 Å². The molecular formula is C21H22F5N3O4. The molecule has 1 unspecified atom stereocenters. The maximum atomic E-state index is 13.0. The highest BCUT2D eigenvalue weighted by molar-refractivity contribution is 5.98. The Kier molecular flexibility index (Phi) is 7.32. The van der Waals surface area contributed by atoms with E-state index in [0.717, 1.165) is 12.1 Å². The Morgan fingerprint density at radius 1 is 1.06 bits per heavy atom. The lowest BCUT2D eigenvalue weighted by molar-refractivity contribution is -0.360. The standard InChI is InChI=1S/C21H22F5N3O4/c1-11-9-14(10-16(27-11)29-18(31)19(3,4)32)17(30)28-12(2)13-5-7-15(8-6-13)33-21(25,26)20(22,23)24/h5-10,12,32H,1-4H3,(H,28,30)(H,27,29,31). The summed E-state index contributed by atoms with van der Waals surface area (Å²) in [4.78, 5) is 28.7. The molecule has 1 atom stereocenters. The zero-order valence-electron chi connectivity index (χ0n) is 18.1. The quantitative estimate of drug-likeness (QED) is 0.523. The van der Waals surface area contributed by atoms with E-state index in [9.17, 15) is 36.6 Å². The number of aliphatic hydroxyl groups is 1. The van der Waals surface area contributed by atoms with Crippen LogP contribution in [-0.2, 0) is 4.79 Å². The van der Waals surface area contributed by atoms with Gasteiger partial charge in [-0.2, -0.15) is 22.0 Å². The number of alkyl halides is 5. The minimum Gasteiger partial charge on any atom is -0.426 e. The number of hydrogen-bond acceptors (Lipinski definition) is 5. The molecule has 1 heterocycles. The van der Waals surface area contributed by atoms with Gasteiger partial charge >= 0.3 is 12.3 Å². The number of aryl methyl sites for hydroxylation is 1. The number of amides is 2. The van der Waals surface area contributed by atoms with Crippen LogP contribution in [0.1, 0.15) is 48.4 Å². The van der Waals surface area contributed by atoms with Crippen LogP contribution in [0.4, 0.5) is 27.8 Å². The Morgan fingerprint density at radius 3 is 2.15 bits per heavy atom. The summed E-state index contributed by atoms with van der Waals surface area (Å²) in [7, 11) is 0. The Bertz CT molecular complexity index is 1020. The molecule has 1 aromatic carbocycles. The van der Waals surface area contributed by atoms with E-state index in [-0.39, 0.29) is 11.4 Å². The number of ether oxygens (including phenoxy) is 1. The summed E-state index contributed by atoms with van der Waals surface area (Å²) in [6, 6.07) is 6.43. The van der Waals surface area contributed by atoms with Crippen LogP contribution < -0.4 is 15.4 Å². The molecule has 0 fully saturated rings. The van der Waals surface area contributed by atoms with Crippen LogP contribution in [-0.4, -0.2) is 39.8 Å². The number of halogens is 5. The topological polar surface area (TPSA) is 101 Å². The summed E-state index contributed by atoms with van der Waals surface area (Å²) in [5.41, 5.74) is -0.701. The molecular weight excluding hydrogens is 453 g/mol. The molecule has 2 aromatic rings. The van der Waals surface area contributed by atoms with Gasteiger partial charge in [0.2, 0.25) is 0 Å². The van der Waals surface area contributed by atoms with Gasteiger partial charge in [0, 0.05) is 11.3 Å². The first-order valence-electron chi connectivity index (χ1n) is 9.56. The summed E-state index contributed by atoms with van der Waals surface area (Å²) in [5.74, 6) is -1.93. The van der Waals surface area contributed by atoms with Gasteiger partial charge in [-0.3, -0.25) is 9.59 Å². The third-order valence-corrected chi connectivity index (χ3v) is 4.32. The number of carbonyl (C=O) groups excluding carboxylic acids is 2. The highest BCUT2D eigenvalue weighted by Crippen LogP contribution is 2.37. The number of hydrogen-bond donors (Lipinski definition) is 3. The van der Waals surface area contributed by atoms with Crippen LogP contribution in [0, 0.1) is 6.92 Å². The molecule has 0 aliphatic carbocycles. The molecule has 0 saturated heterocycles. The molecule has 0 bridgehead atoms. The molecule has 0 spiro atoms. The van der Waals surface area contributed by atoms with Crippen molar-refractivity contribution in [1.29, 1.82) is 0 Å². The maximum absolute atomic E-state index is 13.0. The predicted octanol–water partition coefficient (Wildman–Crippen LogP) is 4.12. The third-order valence-electron chi connectivity index (χ3n) is 4.32. The first kappa shape index (κ1) is 26.0.